The first-order valence-electron chi connectivity index (χ1n) is 12.9. The number of aromatic nitrogens is 3. The topological polar surface area (TPSA) is 125 Å². The van der Waals surface area contributed by atoms with E-state index in [4.69, 9.17) is 32.7 Å². The number of carbonyl (C=O) groups is 2. The van der Waals surface area contributed by atoms with Gasteiger partial charge in [0.25, 0.3) is 11.8 Å². The number of hydrogen-bond donors (Lipinski definition) is 1. The van der Waals surface area contributed by atoms with Crippen LogP contribution in [0.1, 0.15) is 23.9 Å². The minimum absolute atomic E-state index is 0.0941. The molecular weight excluding hydrogens is 658 g/mol. The zero-order chi connectivity index (χ0) is 33.1. The molecule has 2 aliphatic heterocycles. The number of phenols is 1. The normalized spacial score (nSPS) is 25.6. The van der Waals surface area contributed by atoms with E-state index in [0.29, 0.717) is 0 Å². The Morgan fingerprint density at radius 1 is 0.867 bits per heavy atom. The maximum atomic E-state index is 15.1. The number of halogens is 7. The van der Waals surface area contributed by atoms with E-state index in [1.165, 1.54) is 27.3 Å². The lowest BCUT2D eigenvalue weighted by molar-refractivity contribution is -0.122. The molecule has 1 saturated heterocycles. The zero-order valence-electron chi connectivity index (χ0n) is 23.1. The van der Waals surface area contributed by atoms with Crippen LogP contribution in [0.3, 0.4) is 0 Å². The number of hydrogen-bond acceptors (Lipinski definition) is 7. The third-order valence-electron chi connectivity index (χ3n) is 8.50. The number of carbonyl (C=O) groups excluding carboxylic acids is 2. The highest BCUT2D eigenvalue weighted by atomic mass is 35.5. The second kappa shape index (κ2) is 9.84. The summed E-state index contributed by atoms with van der Waals surface area (Å²) in [6.45, 7) is -0.258. The minimum atomic E-state index is -2.81. The lowest BCUT2D eigenvalue weighted by atomic mass is 9.64. The first-order chi connectivity index (χ1) is 21.1. The van der Waals surface area contributed by atoms with E-state index in [9.17, 15) is 37.5 Å². The first-order valence-corrected chi connectivity index (χ1v) is 13.6. The van der Waals surface area contributed by atoms with Crippen molar-refractivity contribution in [3.8, 4) is 17.2 Å². The van der Waals surface area contributed by atoms with Gasteiger partial charge in [-0.05, 0) is 5.57 Å². The number of phenolic OH excluding ortho intramolecular Hbond substituents is 1. The Morgan fingerprint density at radius 3 is 1.93 bits per heavy atom. The highest BCUT2D eigenvalue weighted by Gasteiger charge is 2.76. The molecule has 1 aromatic heterocycles. The van der Waals surface area contributed by atoms with Crippen LogP contribution in [0.4, 0.5) is 27.6 Å². The van der Waals surface area contributed by atoms with Gasteiger partial charge in [0.05, 0.1) is 26.8 Å². The van der Waals surface area contributed by atoms with Crippen molar-refractivity contribution in [1.29, 1.82) is 0 Å². The van der Waals surface area contributed by atoms with Gasteiger partial charge in [-0.15, -0.1) is 23.2 Å². The summed E-state index contributed by atoms with van der Waals surface area (Å²) in [5, 5.41) is 10.3. The lowest BCUT2D eigenvalue weighted by Crippen LogP contribution is -2.59. The molecular formula is C27H19Cl2F5N4O7. The predicted octanol–water partition coefficient (Wildman–Crippen LogP) is 2.96. The second-order valence-electron chi connectivity index (χ2n) is 10.5. The predicted molar refractivity (Wildman–Crippen MR) is 146 cm³/mol. The molecule has 3 heterocycles. The van der Waals surface area contributed by atoms with Crippen LogP contribution in [0.15, 0.2) is 33.4 Å². The van der Waals surface area contributed by atoms with Gasteiger partial charge in [0.2, 0.25) is 5.82 Å². The van der Waals surface area contributed by atoms with Crippen molar-refractivity contribution in [1.82, 2.24) is 13.9 Å². The first kappa shape index (κ1) is 30.7. The number of rotatable bonds is 4. The van der Waals surface area contributed by atoms with Crippen LogP contribution in [-0.4, -0.2) is 54.8 Å². The van der Waals surface area contributed by atoms with E-state index in [1.807, 2.05) is 0 Å². The number of methoxy groups -OCH3 is 2. The molecule has 1 N–H and O–H groups in total. The number of nitrogens with zero attached hydrogens (tertiary/aromatic N) is 4. The van der Waals surface area contributed by atoms with Crippen LogP contribution in [0.25, 0.3) is 0 Å². The average Bonchev–Trinajstić information content (AvgIpc) is 3.32. The largest absolute Gasteiger partial charge is 0.508 e. The number of imide groups is 1. The van der Waals surface area contributed by atoms with Crippen LogP contribution < -0.4 is 25.8 Å². The molecule has 1 aliphatic carbocycles. The van der Waals surface area contributed by atoms with Gasteiger partial charge in [-0.3, -0.25) is 9.59 Å². The second-order valence-corrected chi connectivity index (χ2v) is 11.8. The van der Waals surface area contributed by atoms with Gasteiger partial charge in [-0.25, -0.2) is 50.4 Å². The molecule has 0 radical (unpaired) electrons. The summed E-state index contributed by atoms with van der Waals surface area (Å²) in [6.07, 6.45) is 0.657. The number of benzene rings is 2. The number of aromatic hydroxyl groups is 1. The molecule has 2 aromatic carbocycles. The molecule has 3 aromatic rings. The molecule has 4 atom stereocenters. The van der Waals surface area contributed by atoms with E-state index < -0.39 is 86.1 Å². The number of ether oxygens (including phenoxy) is 2. The number of amides is 2. The van der Waals surface area contributed by atoms with Crippen molar-refractivity contribution in [3.63, 3.8) is 0 Å². The molecule has 45 heavy (non-hydrogen) atoms. The summed E-state index contributed by atoms with van der Waals surface area (Å²) in [5.74, 6) is -18.2. The summed E-state index contributed by atoms with van der Waals surface area (Å²) in [7, 11) is 3.53. The van der Waals surface area contributed by atoms with Gasteiger partial charge in [-0.2, -0.15) is 0 Å². The monoisotopic (exact) mass is 676 g/mol. The van der Waals surface area contributed by atoms with Gasteiger partial charge < -0.3 is 14.6 Å². The molecule has 6 rings (SSSR count). The maximum absolute atomic E-state index is 15.1. The average molecular weight is 677 g/mol. The maximum Gasteiger partial charge on any atom is 0.347 e. The third kappa shape index (κ3) is 3.63. The smallest absolute Gasteiger partial charge is 0.347 e. The van der Waals surface area contributed by atoms with Gasteiger partial charge in [0.1, 0.15) is 22.9 Å². The molecule has 1 saturated carbocycles. The number of anilines is 1. The Bertz CT molecular complexity index is 1970. The van der Waals surface area contributed by atoms with Gasteiger partial charge in [0.15, 0.2) is 33.0 Å². The molecule has 2 amide bonds. The number of allylic oxidation sites excluding steroid dienone is 2. The van der Waals surface area contributed by atoms with Crippen molar-refractivity contribution in [2.24, 2.45) is 7.05 Å². The summed E-state index contributed by atoms with van der Waals surface area (Å²) in [5.41, 5.74) is -3.57. The fourth-order valence-electron chi connectivity index (χ4n) is 6.46. The summed E-state index contributed by atoms with van der Waals surface area (Å²) < 4.78 is 86.4. The standard InChI is InChI=1S/C27H19Cl2F5N4O7/c1-35-24(42)36-5-4-10-11(38(36)25(35)43)8-26(28)22(40)37(21-19(33)17(31)16(30)18(32)20(21)34)23(41)27(26,29)15(10)14-12(44-2)6-9(39)7-13(14)45-3/h4,6-7,11,15,39H,5,8H2,1-3H3/t11-,15-,26-,27+/m1/s1. The molecule has 3 aliphatic rings. The minimum Gasteiger partial charge on any atom is -0.508 e. The molecule has 11 nitrogen and oxygen atoms in total. The van der Waals surface area contributed by atoms with Crippen molar-refractivity contribution in [2.75, 3.05) is 19.1 Å². The van der Waals surface area contributed by atoms with E-state index >= 15 is 8.78 Å². The molecule has 0 bridgehead atoms. The van der Waals surface area contributed by atoms with Crippen molar-refractivity contribution >= 4 is 40.7 Å². The van der Waals surface area contributed by atoms with Crippen LogP contribution >= 0.6 is 23.2 Å². The molecule has 2 fully saturated rings. The molecule has 238 valence electrons. The van der Waals surface area contributed by atoms with Crippen LogP contribution in [-0.2, 0) is 23.2 Å². The Balaban J connectivity index is 1.71. The summed E-state index contributed by atoms with van der Waals surface area (Å²) in [6, 6.07) is 0.856. The van der Waals surface area contributed by atoms with Gasteiger partial charge in [0, 0.05) is 37.1 Å². The van der Waals surface area contributed by atoms with Crippen molar-refractivity contribution < 1.29 is 46.1 Å². The van der Waals surface area contributed by atoms with E-state index in [1.54, 1.807) is 0 Å². The Kier molecular flexibility index (Phi) is 6.72. The Hall–Kier alpha value is -4.31. The molecule has 0 unspecified atom stereocenters. The van der Waals surface area contributed by atoms with Gasteiger partial charge in [-0.1, -0.05) is 6.08 Å². The lowest BCUT2D eigenvalue weighted by Gasteiger charge is -2.49. The summed E-state index contributed by atoms with van der Waals surface area (Å²) >= 11 is 14.1. The van der Waals surface area contributed by atoms with Crippen LogP contribution in [0, 0.1) is 29.1 Å². The Labute approximate surface area is 258 Å². The van der Waals surface area contributed by atoms with E-state index in [-0.39, 0.29) is 39.8 Å². The van der Waals surface area contributed by atoms with Crippen LogP contribution in [0.2, 0.25) is 0 Å². The third-order valence-corrected chi connectivity index (χ3v) is 9.91. The fourth-order valence-corrected chi connectivity index (χ4v) is 7.36. The number of alkyl halides is 2. The fraction of sp³-hybridized carbons (Fsp3) is 0.333. The van der Waals surface area contributed by atoms with Gasteiger partial charge >= 0.3 is 11.4 Å². The zero-order valence-corrected chi connectivity index (χ0v) is 24.6. The molecule has 0 spiro atoms. The highest BCUT2D eigenvalue weighted by molar-refractivity contribution is 6.58. The summed E-state index contributed by atoms with van der Waals surface area (Å²) in [4.78, 5) is 48.6. The van der Waals surface area contributed by atoms with Crippen molar-refractivity contribution in [2.45, 2.75) is 34.7 Å². The molecule has 18 heteroatoms. The highest BCUT2D eigenvalue weighted by Crippen LogP contribution is 2.66. The Morgan fingerprint density at radius 2 is 1.40 bits per heavy atom. The quantitative estimate of drug-likeness (QED) is 0.113. The van der Waals surface area contributed by atoms with Crippen molar-refractivity contribution in [3.05, 3.63) is 79.4 Å². The van der Waals surface area contributed by atoms with Crippen LogP contribution in [0.5, 0.6) is 17.2 Å². The SMILES string of the molecule is COc1cc(O)cc(OC)c1[C@H]1C2=CCn3c(=O)n(C)c(=O)n3[C@@H]2C[C@@]2(Cl)C(=O)N(c3c(F)c(F)c(F)c(F)c3F)C(=O)[C@@]12Cl. The van der Waals surface area contributed by atoms with E-state index in [2.05, 4.69) is 0 Å². The van der Waals surface area contributed by atoms with E-state index in [0.717, 1.165) is 26.1 Å². The number of fused-ring (bicyclic) bond motifs is 4.